The SMILES string of the molecule is CC(C)n1c(CO)nnc1-c1ccc(Br)cc1. The van der Waals surface area contributed by atoms with Crippen LogP contribution in [0.4, 0.5) is 0 Å². The lowest BCUT2D eigenvalue weighted by Gasteiger charge is -2.13. The molecule has 1 N–H and O–H groups in total. The Bertz CT molecular complexity index is 505. The maximum atomic E-state index is 9.24. The molecule has 2 aromatic rings. The van der Waals surface area contributed by atoms with Crippen LogP contribution in [0.2, 0.25) is 0 Å². The van der Waals surface area contributed by atoms with Crippen molar-refractivity contribution >= 4 is 15.9 Å². The molecule has 5 heteroatoms. The Morgan fingerprint density at radius 2 is 1.88 bits per heavy atom. The zero-order valence-electron chi connectivity index (χ0n) is 9.76. The van der Waals surface area contributed by atoms with E-state index in [2.05, 4.69) is 26.1 Å². The van der Waals surface area contributed by atoms with Crippen molar-refractivity contribution < 1.29 is 5.11 Å². The summed E-state index contributed by atoms with van der Waals surface area (Å²) in [6.07, 6.45) is 0. The van der Waals surface area contributed by atoms with Gasteiger partial charge in [0.15, 0.2) is 11.6 Å². The summed E-state index contributed by atoms with van der Waals surface area (Å²) in [5.74, 6) is 1.38. The number of aliphatic hydroxyl groups is 1. The molecule has 0 aliphatic heterocycles. The molecule has 1 heterocycles. The Labute approximate surface area is 108 Å². The van der Waals surface area contributed by atoms with Crippen LogP contribution in [0.5, 0.6) is 0 Å². The maximum absolute atomic E-state index is 9.24. The summed E-state index contributed by atoms with van der Waals surface area (Å²) in [7, 11) is 0. The van der Waals surface area contributed by atoms with E-state index in [-0.39, 0.29) is 12.6 Å². The highest BCUT2D eigenvalue weighted by molar-refractivity contribution is 9.10. The predicted octanol–water partition coefficient (Wildman–Crippen LogP) is 2.78. The maximum Gasteiger partial charge on any atom is 0.164 e. The second-order valence-electron chi connectivity index (χ2n) is 4.07. The monoisotopic (exact) mass is 295 g/mol. The van der Waals surface area contributed by atoms with Gasteiger partial charge in [0.05, 0.1) is 0 Å². The minimum absolute atomic E-state index is 0.0955. The summed E-state index contributed by atoms with van der Waals surface area (Å²) in [6, 6.07) is 8.11. The van der Waals surface area contributed by atoms with Gasteiger partial charge in [0.1, 0.15) is 6.61 Å². The summed E-state index contributed by atoms with van der Waals surface area (Å²) < 4.78 is 2.97. The lowest BCUT2D eigenvalue weighted by molar-refractivity contribution is 0.262. The first-order chi connectivity index (χ1) is 8.13. The molecule has 0 amide bonds. The first kappa shape index (κ1) is 12.3. The third-order valence-corrected chi connectivity index (χ3v) is 3.06. The van der Waals surface area contributed by atoms with Crippen LogP contribution < -0.4 is 0 Å². The van der Waals surface area contributed by atoms with Gasteiger partial charge in [-0.25, -0.2) is 0 Å². The summed E-state index contributed by atoms with van der Waals surface area (Å²) in [5, 5.41) is 17.4. The zero-order chi connectivity index (χ0) is 12.4. The molecule has 0 unspecified atom stereocenters. The van der Waals surface area contributed by atoms with E-state index in [9.17, 15) is 5.11 Å². The van der Waals surface area contributed by atoms with E-state index in [0.29, 0.717) is 5.82 Å². The molecule has 0 bridgehead atoms. The predicted molar refractivity (Wildman–Crippen MR) is 69.5 cm³/mol. The highest BCUT2D eigenvalue weighted by Gasteiger charge is 2.15. The molecule has 90 valence electrons. The molecule has 0 radical (unpaired) electrons. The van der Waals surface area contributed by atoms with Gasteiger partial charge in [-0.15, -0.1) is 10.2 Å². The topological polar surface area (TPSA) is 50.9 Å². The van der Waals surface area contributed by atoms with Crippen molar-refractivity contribution in [3.05, 3.63) is 34.6 Å². The molecule has 0 saturated carbocycles. The van der Waals surface area contributed by atoms with E-state index in [4.69, 9.17) is 0 Å². The number of rotatable bonds is 3. The van der Waals surface area contributed by atoms with Crippen molar-refractivity contribution in [2.75, 3.05) is 0 Å². The fraction of sp³-hybridized carbons (Fsp3) is 0.333. The fourth-order valence-corrected chi connectivity index (χ4v) is 2.03. The van der Waals surface area contributed by atoms with Crippen LogP contribution in [0.15, 0.2) is 28.7 Å². The third kappa shape index (κ3) is 2.40. The molecule has 0 aliphatic rings. The number of benzene rings is 1. The largest absolute Gasteiger partial charge is 0.388 e. The van der Waals surface area contributed by atoms with Gasteiger partial charge in [0.25, 0.3) is 0 Å². The normalized spacial score (nSPS) is 11.1. The quantitative estimate of drug-likeness (QED) is 0.947. The summed E-state index contributed by atoms with van der Waals surface area (Å²) in [5.41, 5.74) is 0.995. The van der Waals surface area contributed by atoms with Crippen LogP contribution in [0.1, 0.15) is 25.7 Å². The molecule has 1 aromatic heterocycles. The summed E-state index contributed by atoms with van der Waals surface area (Å²) >= 11 is 3.40. The molecule has 4 nitrogen and oxygen atoms in total. The van der Waals surface area contributed by atoms with Crippen LogP contribution in [0.3, 0.4) is 0 Å². The highest BCUT2D eigenvalue weighted by Crippen LogP contribution is 2.23. The first-order valence-electron chi connectivity index (χ1n) is 5.44. The van der Waals surface area contributed by atoms with Gasteiger partial charge >= 0.3 is 0 Å². The van der Waals surface area contributed by atoms with Crippen molar-refractivity contribution in [2.24, 2.45) is 0 Å². The fourth-order valence-electron chi connectivity index (χ4n) is 1.77. The second kappa shape index (κ2) is 4.98. The third-order valence-electron chi connectivity index (χ3n) is 2.53. The van der Waals surface area contributed by atoms with Gasteiger partial charge < -0.3 is 9.67 Å². The van der Waals surface area contributed by atoms with Crippen LogP contribution in [-0.2, 0) is 6.61 Å². The van der Waals surface area contributed by atoms with E-state index in [1.165, 1.54) is 0 Å². The van der Waals surface area contributed by atoms with E-state index in [0.717, 1.165) is 15.9 Å². The van der Waals surface area contributed by atoms with Crippen molar-refractivity contribution in [2.45, 2.75) is 26.5 Å². The molecule has 0 spiro atoms. The molecular formula is C12H14BrN3O. The Hall–Kier alpha value is -1.20. The van der Waals surface area contributed by atoms with Crippen molar-refractivity contribution in [3.8, 4) is 11.4 Å². The van der Waals surface area contributed by atoms with E-state index < -0.39 is 0 Å². The molecule has 1 aromatic carbocycles. The van der Waals surface area contributed by atoms with Gasteiger partial charge in [-0.2, -0.15) is 0 Å². The number of aromatic nitrogens is 3. The number of halogens is 1. The van der Waals surface area contributed by atoms with Crippen LogP contribution >= 0.6 is 15.9 Å². The lowest BCUT2D eigenvalue weighted by atomic mass is 10.2. The summed E-state index contributed by atoms with van der Waals surface area (Å²) in [6.45, 7) is 4.00. The van der Waals surface area contributed by atoms with Gasteiger partial charge in [-0.1, -0.05) is 28.1 Å². The average molecular weight is 296 g/mol. The smallest absolute Gasteiger partial charge is 0.164 e. The van der Waals surface area contributed by atoms with Gasteiger partial charge in [-0.3, -0.25) is 0 Å². The molecular weight excluding hydrogens is 282 g/mol. The van der Waals surface area contributed by atoms with Crippen molar-refractivity contribution in [3.63, 3.8) is 0 Å². The van der Waals surface area contributed by atoms with Crippen LogP contribution in [-0.4, -0.2) is 19.9 Å². The van der Waals surface area contributed by atoms with Crippen molar-refractivity contribution in [1.82, 2.24) is 14.8 Å². The van der Waals surface area contributed by atoms with Crippen LogP contribution in [0.25, 0.3) is 11.4 Å². The molecule has 17 heavy (non-hydrogen) atoms. The molecule has 0 saturated heterocycles. The van der Waals surface area contributed by atoms with Crippen molar-refractivity contribution in [1.29, 1.82) is 0 Å². The molecule has 0 fully saturated rings. The lowest BCUT2D eigenvalue weighted by Crippen LogP contribution is -2.08. The minimum atomic E-state index is -0.0955. The standard InChI is InChI=1S/C12H14BrN3O/c1-8(2)16-11(7-17)14-15-12(16)9-3-5-10(13)6-4-9/h3-6,8,17H,7H2,1-2H3. The Morgan fingerprint density at radius 3 is 2.41 bits per heavy atom. The number of hydrogen-bond acceptors (Lipinski definition) is 3. The van der Waals surface area contributed by atoms with Crippen LogP contribution in [0, 0.1) is 0 Å². The Kier molecular flexibility index (Phi) is 3.59. The average Bonchev–Trinajstić information content (AvgIpc) is 2.73. The minimum Gasteiger partial charge on any atom is -0.388 e. The number of nitrogens with zero attached hydrogens (tertiary/aromatic N) is 3. The van der Waals surface area contributed by atoms with Gasteiger partial charge in [-0.05, 0) is 26.0 Å². The first-order valence-corrected chi connectivity index (χ1v) is 6.23. The van der Waals surface area contributed by atoms with E-state index in [1.807, 2.05) is 42.7 Å². The summed E-state index contributed by atoms with van der Waals surface area (Å²) in [4.78, 5) is 0. The van der Waals surface area contributed by atoms with E-state index in [1.54, 1.807) is 0 Å². The zero-order valence-corrected chi connectivity index (χ0v) is 11.3. The van der Waals surface area contributed by atoms with Gasteiger partial charge in [0.2, 0.25) is 0 Å². The Morgan fingerprint density at radius 1 is 1.24 bits per heavy atom. The second-order valence-corrected chi connectivity index (χ2v) is 4.98. The molecule has 0 aliphatic carbocycles. The Balaban J connectivity index is 2.51. The number of hydrogen-bond donors (Lipinski definition) is 1. The van der Waals surface area contributed by atoms with E-state index >= 15 is 0 Å². The molecule has 0 atom stereocenters. The molecule has 2 rings (SSSR count). The number of aliphatic hydroxyl groups excluding tert-OH is 1. The van der Waals surface area contributed by atoms with Gasteiger partial charge in [0, 0.05) is 16.1 Å². The highest BCUT2D eigenvalue weighted by atomic mass is 79.9.